The summed E-state index contributed by atoms with van der Waals surface area (Å²) in [6.07, 6.45) is -1.23. The van der Waals surface area contributed by atoms with Crippen molar-refractivity contribution in [1.82, 2.24) is 25.2 Å². The van der Waals surface area contributed by atoms with Gasteiger partial charge in [0.25, 0.3) is 0 Å². The van der Waals surface area contributed by atoms with Gasteiger partial charge in [0.05, 0.1) is 41.9 Å². The number of nitrogens with one attached hydrogen (secondary N) is 1. The number of amides is 4. The average molecular weight is 840 g/mol. The molecule has 4 amide bonds. The number of methoxy groups -OCH3 is 1. The second-order valence-electron chi connectivity index (χ2n) is 13.2. The van der Waals surface area contributed by atoms with Crippen molar-refractivity contribution in [2.24, 2.45) is 17.0 Å². The van der Waals surface area contributed by atoms with Crippen molar-refractivity contribution in [2.45, 2.75) is 42.5 Å². The summed E-state index contributed by atoms with van der Waals surface area (Å²) in [4.78, 5) is 113. The molecule has 0 aliphatic carbocycles. The van der Waals surface area contributed by atoms with E-state index in [4.69, 9.17) is 26.9 Å². The Hall–Kier alpha value is -5.52. The molecule has 7 N–H and O–H groups in total. The molecule has 56 heavy (non-hydrogen) atoms. The number of nitrogen functional groups attached to an aromatic ring is 1. The summed E-state index contributed by atoms with van der Waals surface area (Å²) >= 11 is 7.62. The Morgan fingerprint density at radius 1 is 1.14 bits per heavy atom. The van der Waals surface area contributed by atoms with E-state index < -0.39 is 122 Å². The lowest BCUT2D eigenvalue weighted by Gasteiger charge is -2.40. The Morgan fingerprint density at radius 3 is 2.45 bits per heavy atom. The number of aromatic nitrogens is 1. The minimum absolute atomic E-state index is 0.0307. The van der Waals surface area contributed by atoms with Crippen LogP contribution < -0.4 is 11.2 Å². The van der Waals surface area contributed by atoms with Gasteiger partial charge in [-0.05, 0) is 26.0 Å². The maximum Gasteiger partial charge on any atom is 0.350 e. The molecule has 2 unspecified atom stereocenters. The van der Waals surface area contributed by atoms with E-state index in [-0.39, 0.29) is 30.5 Å². The fourth-order valence-corrected chi connectivity index (χ4v) is 8.39. The third kappa shape index (κ3) is 7.79. The molecule has 24 heteroatoms. The first kappa shape index (κ1) is 41.6. The first-order chi connectivity index (χ1) is 26.2. The molecular weight excluding hydrogens is 806 g/mol. The number of benzene rings is 1. The summed E-state index contributed by atoms with van der Waals surface area (Å²) in [6, 6.07) is 1.00. The Balaban J connectivity index is 1.27. The van der Waals surface area contributed by atoms with Crippen LogP contribution in [-0.2, 0) is 38.3 Å². The van der Waals surface area contributed by atoms with Crippen LogP contribution in [0, 0.1) is 11.8 Å². The quantitative estimate of drug-likeness (QED) is 0.0316. The minimum Gasteiger partial charge on any atom is -0.504 e. The number of phenolic OH excluding ortho intramolecular Hbond substituents is 2. The number of oxime groups is 1. The fraction of sp³-hybridized carbons (Fsp3) is 0.438. The van der Waals surface area contributed by atoms with E-state index in [9.17, 15) is 58.8 Å². The Kier molecular flexibility index (Phi) is 11.8. The van der Waals surface area contributed by atoms with Gasteiger partial charge in [-0.2, -0.15) is 0 Å². The average Bonchev–Trinajstić information content (AvgIpc) is 3.84. The van der Waals surface area contributed by atoms with Gasteiger partial charge in [-0.25, -0.2) is 24.4 Å². The van der Waals surface area contributed by atoms with Crippen LogP contribution >= 0.6 is 34.7 Å². The molecule has 3 aliphatic rings. The van der Waals surface area contributed by atoms with E-state index in [0.29, 0.717) is 0 Å². The van der Waals surface area contributed by atoms with Gasteiger partial charge < -0.3 is 40.6 Å². The highest BCUT2D eigenvalue weighted by molar-refractivity contribution is 8.02. The summed E-state index contributed by atoms with van der Waals surface area (Å²) in [6.45, 7) is 1.09. The Bertz CT molecular complexity index is 2060. The van der Waals surface area contributed by atoms with Crippen LogP contribution in [-0.4, -0.2) is 142 Å². The van der Waals surface area contributed by atoms with Crippen LogP contribution in [0.4, 0.5) is 9.93 Å². The highest BCUT2D eigenvalue weighted by Crippen LogP contribution is 2.53. The summed E-state index contributed by atoms with van der Waals surface area (Å²) in [7, 11) is 1.22. The number of ketones is 3. The summed E-state index contributed by atoms with van der Waals surface area (Å²) in [5.41, 5.74) is 5.34. The fourth-order valence-electron chi connectivity index (χ4n) is 5.90. The van der Waals surface area contributed by atoms with E-state index >= 15 is 0 Å². The van der Waals surface area contributed by atoms with Crippen LogP contribution in [0.2, 0.25) is 5.02 Å². The van der Waals surface area contributed by atoms with Crippen molar-refractivity contribution >= 4 is 92.7 Å². The van der Waals surface area contributed by atoms with Crippen LogP contribution in [0.25, 0.3) is 0 Å². The number of hydrogen-bond acceptors (Lipinski definition) is 17. The number of ether oxygens (including phenoxy) is 1. The number of β-lactam (4-membered cyclic amide) rings is 1. The molecule has 1 aromatic carbocycles. The lowest BCUT2D eigenvalue weighted by atomic mass is 9.90. The highest BCUT2D eigenvalue weighted by atomic mass is 35.5. The van der Waals surface area contributed by atoms with Gasteiger partial charge in [-0.1, -0.05) is 28.5 Å². The van der Waals surface area contributed by atoms with Crippen LogP contribution in [0.5, 0.6) is 11.5 Å². The number of carboxylic acid groups (broad SMARTS) is 2. The van der Waals surface area contributed by atoms with Crippen LogP contribution in [0.15, 0.2) is 22.7 Å². The number of aromatic hydroxyl groups is 2. The number of aliphatic carboxylic acids is 2. The topological polar surface area (TPSA) is 309 Å². The van der Waals surface area contributed by atoms with Crippen molar-refractivity contribution in [3.63, 3.8) is 0 Å². The van der Waals surface area contributed by atoms with Crippen LogP contribution in [0.1, 0.15) is 42.7 Å². The number of nitrogens with zero attached hydrogens (tertiary/aromatic N) is 5. The van der Waals surface area contributed by atoms with Gasteiger partial charge in [0.15, 0.2) is 28.1 Å². The number of hydrogen-bond donors (Lipinski definition) is 6. The van der Waals surface area contributed by atoms with Crippen molar-refractivity contribution in [3.8, 4) is 11.5 Å². The second kappa shape index (κ2) is 15.9. The van der Waals surface area contributed by atoms with Gasteiger partial charge >= 0.3 is 18.0 Å². The highest BCUT2D eigenvalue weighted by Gasteiger charge is 2.66. The number of thiazole rings is 1. The Labute approximate surface area is 329 Å². The first-order valence-corrected chi connectivity index (χ1v) is 18.5. The molecule has 4 heterocycles. The number of urea groups is 1. The normalized spacial score (nSPS) is 21.4. The smallest absolute Gasteiger partial charge is 0.350 e. The van der Waals surface area contributed by atoms with Crippen molar-refractivity contribution in [1.29, 1.82) is 0 Å². The maximum absolute atomic E-state index is 13.7. The van der Waals surface area contributed by atoms with Crippen molar-refractivity contribution in [3.05, 3.63) is 33.8 Å². The van der Waals surface area contributed by atoms with E-state index in [1.807, 2.05) is 0 Å². The summed E-state index contributed by atoms with van der Waals surface area (Å²) < 4.78 is 5.04. The summed E-state index contributed by atoms with van der Waals surface area (Å²) in [5.74, 6) is -11.3. The zero-order chi connectivity index (χ0) is 41.4. The number of hydrazine groups is 1. The van der Waals surface area contributed by atoms with E-state index in [0.717, 1.165) is 45.1 Å². The van der Waals surface area contributed by atoms with Gasteiger partial charge in [-0.15, -0.1) is 11.3 Å². The van der Waals surface area contributed by atoms with Gasteiger partial charge in [-0.3, -0.25) is 34.3 Å². The molecule has 5 rings (SSSR count). The number of Topliss-reactive ketones (excluding diaryl/α,β-unsaturated/α-hetero) is 3. The summed E-state index contributed by atoms with van der Waals surface area (Å²) in [5, 5.41) is 43.8. The predicted octanol–water partition coefficient (Wildman–Crippen LogP) is 0.519. The molecule has 0 spiro atoms. The molecular formula is C32H34ClN7O14S2. The molecule has 3 fully saturated rings. The number of carboxylic acids is 2. The number of carbonyl (C=O) groups excluding carboxylic acids is 6. The molecule has 1 aromatic heterocycles. The SMILES string of the molecule is COCC(CC(=O)C(=O)c1ccc(O)c(O)c1Cl)C(=O)NN1CCN([C@]2(C(=O)O)CN3C(=O)C(CC(=O)/C(=N\OC(C)(C)C(=O)O)c4csc(N)n4)[C@H]3S2)C1=O. The maximum atomic E-state index is 13.7. The third-order valence-electron chi connectivity index (χ3n) is 9.05. The lowest BCUT2D eigenvalue weighted by molar-refractivity contribution is -0.161. The molecule has 3 aliphatic heterocycles. The van der Waals surface area contributed by atoms with Gasteiger partial charge in [0.1, 0.15) is 5.69 Å². The minimum atomic E-state index is -2.05. The van der Waals surface area contributed by atoms with E-state index in [1.165, 1.54) is 31.2 Å². The number of carbonyl (C=O) groups is 8. The molecule has 2 aromatic rings. The predicted molar refractivity (Wildman–Crippen MR) is 193 cm³/mol. The van der Waals surface area contributed by atoms with Crippen molar-refractivity contribution in [2.75, 3.05) is 39.1 Å². The third-order valence-corrected chi connectivity index (χ3v) is 11.8. The molecule has 4 atom stereocenters. The van der Waals surface area contributed by atoms with E-state index in [2.05, 4.69) is 15.6 Å². The van der Waals surface area contributed by atoms with Gasteiger partial charge in [0.2, 0.25) is 33.9 Å². The first-order valence-electron chi connectivity index (χ1n) is 16.4. The monoisotopic (exact) mass is 839 g/mol. The molecule has 0 radical (unpaired) electrons. The molecule has 0 saturated carbocycles. The molecule has 0 bridgehead atoms. The number of halogens is 1. The number of fused-ring (bicyclic) bond motifs is 1. The molecule has 21 nitrogen and oxygen atoms in total. The molecule has 300 valence electrons. The number of thioether (sulfide) groups is 1. The zero-order valence-electron chi connectivity index (χ0n) is 29.6. The number of rotatable bonds is 17. The van der Waals surface area contributed by atoms with E-state index in [1.54, 1.807) is 0 Å². The number of nitrogens with two attached hydrogens (primary N) is 1. The zero-order valence-corrected chi connectivity index (χ0v) is 32.0. The number of phenols is 2. The second-order valence-corrected chi connectivity index (χ2v) is 15.8. The standard InChI is InChI=1S/C32H34ClN7O14S2/c1-31(2,27(48)49)54-37-21(16-11-55-29(34)35-16)18(42)9-15-25(47)38-12-32(28(50)51,56-26(15)38)39-6-7-40(30(39)52)36-24(46)13(10-53-3)8-19(43)22(44)14-4-5-17(41)23(45)20(14)33/h4-5,11,13,15,26,41,45H,6-10,12H2,1-3H3,(H2,34,35)(H,36,46)(H,48,49)(H,50,51)/b37-21-/t13?,15?,26-,32-/m1/s1. The van der Waals surface area contributed by atoms with Crippen LogP contribution in [0.3, 0.4) is 0 Å². The largest absolute Gasteiger partial charge is 0.504 e. The lowest BCUT2D eigenvalue weighted by Crippen LogP contribution is -2.60. The number of anilines is 1. The van der Waals surface area contributed by atoms with Gasteiger partial charge in [0, 0.05) is 37.4 Å². The molecule has 3 saturated heterocycles. The van der Waals surface area contributed by atoms with Crippen molar-refractivity contribution < 1.29 is 68.4 Å². The Morgan fingerprint density at radius 2 is 1.84 bits per heavy atom.